The van der Waals surface area contributed by atoms with E-state index in [0.717, 1.165) is 6.42 Å². The van der Waals surface area contributed by atoms with Gasteiger partial charge in [-0.15, -0.1) is 0 Å². The van der Waals surface area contributed by atoms with Gasteiger partial charge in [-0.25, -0.2) is 0 Å². The molecule has 1 fully saturated rings. The van der Waals surface area contributed by atoms with Gasteiger partial charge in [0, 0.05) is 18.4 Å². The Balaban J connectivity index is 2.08. The highest BCUT2D eigenvalue weighted by molar-refractivity contribution is 5.94. The topological polar surface area (TPSA) is 42.0 Å². The van der Waals surface area contributed by atoms with Crippen LogP contribution >= 0.6 is 0 Å². The van der Waals surface area contributed by atoms with Crippen LogP contribution < -0.4 is 5.32 Å². The zero-order chi connectivity index (χ0) is 17.3. The molecule has 0 aliphatic heterocycles. The minimum atomic E-state index is 0.00255. The third kappa shape index (κ3) is 3.59. The molecule has 3 nitrogen and oxygen atoms in total. The van der Waals surface area contributed by atoms with Crippen molar-refractivity contribution < 1.29 is 4.79 Å². The minimum absolute atomic E-state index is 0.00255. The average molecular weight is 316 g/mol. The monoisotopic (exact) mass is 316 g/mol. The summed E-state index contributed by atoms with van der Waals surface area (Å²) in [5.41, 5.74) is 1.28. The maximum Gasteiger partial charge on any atom is 0.253 e. The second-order valence-electron chi connectivity index (χ2n) is 8.60. The summed E-state index contributed by atoms with van der Waals surface area (Å²) in [5, 5.41) is 3.23. The first-order valence-corrected chi connectivity index (χ1v) is 8.88. The number of pyridine rings is 1. The van der Waals surface area contributed by atoms with Crippen molar-refractivity contribution in [1.82, 2.24) is 10.3 Å². The molecule has 2 unspecified atom stereocenters. The Hall–Kier alpha value is -1.38. The van der Waals surface area contributed by atoms with Gasteiger partial charge >= 0.3 is 0 Å². The predicted molar refractivity (Wildman–Crippen MR) is 95.2 cm³/mol. The van der Waals surface area contributed by atoms with E-state index in [4.69, 9.17) is 0 Å². The van der Waals surface area contributed by atoms with Crippen molar-refractivity contribution in [3.8, 4) is 0 Å². The summed E-state index contributed by atoms with van der Waals surface area (Å²) in [6.07, 6.45) is 6.74. The molecule has 1 aliphatic rings. The van der Waals surface area contributed by atoms with E-state index in [9.17, 15) is 4.79 Å². The Labute approximate surface area is 141 Å². The van der Waals surface area contributed by atoms with Gasteiger partial charge in [0.25, 0.3) is 5.91 Å². The van der Waals surface area contributed by atoms with E-state index in [2.05, 4.69) is 51.8 Å². The van der Waals surface area contributed by atoms with Crippen LogP contribution in [0.25, 0.3) is 0 Å². The first kappa shape index (κ1) is 18.0. The van der Waals surface area contributed by atoms with E-state index < -0.39 is 0 Å². The molecule has 1 amide bonds. The van der Waals surface area contributed by atoms with Crippen molar-refractivity contribution in [2.75, 3.05) is 0 Å². The van der Waals surface area contributed by atoms with E-state index in [-0.39, 0.29) is 17.4 Å². The number of carbonyl (C=O) groups excluding carboxylic acids is 1. The summed E-state index contributed by atoms with van der Waals surface area (Å²) < 4.78 is 0. The average Bonchev–Trinajstić information content (AvgIpc) is 2.48. The number of nitrogens with one attached hydrogen (secondary N) is 1. The molecule has 23 heavy (non-hydrogen) atoms. The summed E-state index contributed by atoms with van der Waals surface area (Å²) in [5.74, 6) is 1.15. The van der Waals surface area contributed by atoms with Crippen LogP contribution in [0.3, 0.4) is 0 Å². The molecule has 1 N–H and O–H groups in total. The van der Waals surface area contributed by atoms with Crippen molar-refractivity contribution in [2.24, 2.45) is 22.7 Å². The van der Waals surface area contributed by atoms with Gasteiger partial charge in [-0.05, 0) is 54.1 Å². The van der Waals surface area contributed by atoms with Crippen molar-refractivity contribution in [3.63, 3.8) is 0 Å². The van der Waals surface area contributed by atoms with Gasteiger partial charge in [0.2, 0.25) is 0 Å². The fourth-order valence-corrected chi connectivity index (χ4v) is 4.55. The number of rotatable bonds is 3. The SMILES string of the molecule is CC(C)C1(C(C)(C)C)CCC(NC(=O)c2cccnc2)[C@H](C)C1. The highest BCUT2D eigenvalue weighted by Crippen LogP contribution is 2.55. The maximum atomic E-state index is 12.4. The lowest BCUT2D eigenvalue weighted by atomic mass is 9.52. The lowest BCUT2D eigenvalue weighted by Gasteiger charge is -2.54. The van der Waals surface area contributed by atoms with E-state index in [1.54, 1.807) is 12.4 Å². The van der Waals surface area contributed by atoms with Gasteiger partial charge in [-0.2, -0.15) is 0 Å². The highest BCUT2D eigenvalue weighted by Gasteiger charge is 2.48. The molecular formula is C20H32N2O. The van der Waals surface area contributed by atoms with E-state index in [1.807, 2.05) is 12.1 Å². The lowest BCUT2D eigenvalue weighted by Crippen LogP contribution is -2.51. The molecular weight excluding hydrogens is 284 g/mol. The summed E-state index contributed by atoms with van der Waals surface area (Å²) >= 11 is 0. The van der Waals surface area contributed by atoms with E-state index in [1.165, 1.54) is 12.8 Å². The second kappa shape index (κ2) is 6.62. The van der Waals surface area contributed by atoms with E-state index >= 15 is 0 Å². The van der Waals surface area contributed by atoms with Crippen molar-refractivity contribution in [3.05, 3.63) is 30.1 Å². The summed E-state index contributed by atoms with van der Waals surface area (Å²) in [4.78, 5) is 16.4. The van der Waals surface area contributed by atoms with Gasteiger partial charge in [0.1, 0.15) is 0 Å². The lowest BCUT2D eigenvalue weighted by molar-refractivity contribution is -0.0358. The Morgan fingerprint density at radius 3 is 2.57 bits per heavy atom. The zero-order valence-electron chi connectivity index (χ0n) is 15.5. The largest absolute Gasteiger partial charge is 0.349 e. The first-order valence-electron chi connectivity index (χ1n) is 8.88. The van der Waals surface area contributed by atoms with Crippen LogP contribution in [0.5, 0.6) is 0 Å². The summed E-state index contributed by atoms with van der Waals surface area (Å²) in [6, 6.07) is 3.89. The molecule has 1 aromatic heterocycles. The summed E-state index contributed by atoms with van der Waals surface area (Å²) in [6.45, 7) is 14.1. The van der Waals surface area contributed by atoms with Crippen LogP contribution in [0.4, 0.5) is 0 Å². The molecule has 1 aliphatic carbocycles. The number of hydrogen-bond acceptors (Lipinski definition) is 2. The minimum Gasteiger partial charge on any atom is -0.349 e. The molecule has 3 heteroatoms. The summed E-state index contributed by atoms with van der Waals surface area (Å²) in [7, 11) is 0. The van der Waals surface area contributed by atoms with Crippen LogP contribution in [0, 0.1) is 22.7 Å². The first-order chi connectivity index (χ1) is 10.7. The molecule has 128 valence electrons. The van der Waals surface area contributed by atoms with Crippen molar-refractivity contribution in [2.45, 2.75) is 66.8 Å². The number of carbonyl (C=O) groups is 1. The van der Waals surface area contributed by atoms with Crippen LogP contribution in [0.1, 0.15) is 71.2 Å². The quantitative estimate of drug-likeness (QED) is 0.879. The van der Waals surface area contributed by atoms with Gasteiger partial charge in [-0.1, -0.05) is 41.5 Å². The standard InChI is InChI=1S/C20H32N2O/c1-14(2)20(19(4,5)6)10-9-17(15(3)12-20)22-18(23)16-8-7-11-21-13-16/h7-8,11,13-15,17H,9-10,12H2,1-6H3,(H,22,23)/t15-,17?,20?/m1/s1. The third-order valence-electron chi connectivity index (χ3n) is 6.11. The van der Waals surface area contributed by atoms with Gasteiger partial charge < -0.3 is 5.32 Å². The Bertz CT molecular complexity index is 532. The van der Waals surface area contributed by atoms with Crippen molar-refractivity contribution >= 4 is 5.91 Å². The smallest absolute Gasteiger partial charge is 0.253 e. The fourth-order valence-electron chi connectivity index (χ4n) is 4.55. The number of hydrogen-bond donors (Lipinski definition) is 1. The van der Waals surface area contributed by atoms with Crippen molar-refractivity contribution in [1.29, 1.82) is 0 Å². The van der Waals surface area contributed by atoms with Crippen LogP contribution in [-0.2, 0) is 0 Å². The molecule has 0 bridgehead atoms. The molecule has 0 aromatic carbocycles. The molecule has 2 rings (SSSR count). The van der Waals surface area contributed by atoms with Crippen LogP contribution in [-0.4, -0.2) is 16.9 Å². The molecule has 1 aromatic rings. The highest BCUT2D eigenvalue weighted by atomic mass is 16.1. The number of amides is 1. The number of aromatic nitrogens is 1. The number of nitrogens with zero attached hydrogens (tertiary/aromatic N) is 1. The predicted octanol–water partition coefficient (Wildman–Crippen LogP) is 4.69. The second-order valence-corrected chi connectivity index (χ2v) is 8.60. The third-order valence-corrected chi connectivity index (χ3v) is 6.11. The van der Waals surface area contributed by atoms with Crippen LogP contribution in [0.2, 0.25) is 0 Å². The molecule has 1 heterocycles. The molecule has 1 saturated carbocycles. The normalized spacial score (nSPS) is 28.7. The van der Waals surface area contributed by atoms with E-state index in [0.29, 0.717) is 22.8 Å². The Kier molecular flexibility index (Phi) is 5.17. The molecule has 0 spiro atoms. The zero-order valence-corrected chi connectivity index (χ0v) is 15.5. The molecule has 0 radical (unpaired) electrons. The van der Waals surface area contributed by atoms with Gasteiger partial charge in [-0.3, -0.25) is 9.78 Å². The maximum absolute atomic E-state index is 12.4. The Morgan fingerprint density at radius 2 is 2.09 bits per heavy atom. The van der Waals surface area contributed by atoms with Gasteiger partial charge in [0.15, 0.2) is 0 Å². The Morgan fingerprint density at radius 1 is 1.39 bits per heavy atom. The molecule has 0 saturated heterocycles. The fraction of sp³-hybridized carbons (Fsp3) is 0.700. The van der Waals surface area contributed by atoms with Gasteiger partial charge in [0.05, 0.1) is 5.56 Å². The van der Waals surface area contributed by atoms with Crippen LogP contribution in [0.15, 0.2) is 24.5 Å². The molecule has 3 atom stereocenters.